The number of methoxy groups -OCH3 is 1. The monoisotopic (exact) mass is 377 g/mol. The van der Waals surface area contributed by atoms with Crippen molar-refractivity contribution in [2.75, 3.05) is 12.4 Å². The molecule has 27 heavy (non-hydrogen) atoms. The van der Waals surface area contributed by atoms with E-state index < -0.39 is 0 Å². The predicted octanol–water partition coefficient (Wildman–Crippen LogP) is 5.14. The Balaban J connectivity index is 1.65. The molecule has 0 spiro atoms. The number of anilines is 1. The smallest absolute Gasteiger partial charge is 0.273 e. The molecule has 0 atom stereocenters. The SMILES string of the molecule is COc1ccc(Cl)cc1NC(=O)c1cc(-c2cccc3ccccc23)n[nH]1. The first-order chi connectivity index (χ1) is 13.2. The van der Waals surface area contributed by atoms with Crippen LogP contribution in [0.2, 0.25) is 5.02 Å². The molecule has 1 heterocycles. The van der Waals surface area contributed by atoms with Crippen molar-refractivity contribution in [3.8, 4) is 17.0 Å². The molecule has 0 aliphatic heterocycles. The number of aromatic amines is 1. The van der Waals surface area contributed by atoms with Crippen LogP contribution in [0.25, 0.3) is 22.0 Å². The summed E-state index contributed by atoms with van der Waals surface area (Å²) in [6.45, 7) is 0. The summed E-state index contributed by atoms with van der Waals surface area (Å²) in [6, 6.07) is 20.8. The number of halogens is 1. The molecular formula is C21H16ClN3O2. The van der Waals surface area contributed by atoms with Crippen LogP contribution < -0.4 is 10.1 Å². The van der Waals surface area contributed by atoms with Crippen molar-refractivity contribution >= 4 is 34.0 Å². The highest BCUT2D eigenvalue weighted by Gasteiger charge is 2.15. The maximum absolute atomic E-state index is 12.6. The topological polar surface area (TPSA) is 67.0 Å². The number of nitrogens with one attached hydrogen (secondary N) is 2. The molecule has 134 valence electrons. The summed E-state index contributed by atoms with van der Waals surface area (Å²) < 4.78 is 5.26. The van der Waals surface area contributed by atoms with Crippen molar-refractivity contribution in [3.05, 3.63) is 77.4 Å². The van der Waals surface area contributed by atoms with E-state index in [1.165, 1.54) is 7.11 Å². The van der Waals surface area contributed by atoms with Gasteiger partial charge in [0.05, 0.1) is 18.5 Å². The Morgan fingerprint density at radius 3 is 2.74 bits per heavy atom. The largest absolute Gasteiger partial charge is 0.495 e. The number of hydrogen-bond donors (Lipinski definition) is 2. The van der Waals surface area contributed by atoms with Crippen molar-refractivity contribution in [1.82, 2.24) is 10.2 Å². The normalized spacial score (nSPS) is 10.7. The van der Waals surface area contributed by atoms with Crippen LogP contribution in [0.3, 0.4) is 0 Å². The number of carbonyl (C=O) groups is 1. The van der Waals surface area contributed by atoms with Gasteiger partial charge in [-0.3, -0.25) is 9.89 Å². The van der Waals surface area contributed by atoms with E-state index in [1.54, 1.807) is 24.3 Å². The molecule has 2 N–H and O–H groups in total. The van der Waals surface area contributed by atoms with Gasteiger partial charge in [-0.2, -0.15) is 5.10 Å². The summed E-state index contributed by atoms with van der Waals surface area (Å²) in [5.74, 6) is 0.205. The van der Waals surface area contributed by atoms with E-state index in [4.69, 9.17) is 16.3 Å². The summed E-state index contributed by atoms with van der Waals surface area (Å²) in [6.07, 6.45) is 0. The van der Waals surface area contributed by atoms with E-state index in [-0.39, 0.29) is 5.91 Å². The van der Waals surface area contributed by atoms with Gasteiger partial charge in [0.25, 0.3) is 5.91 Å². The number of hydrogen-bond acceptors (Lipinski definition) is 3. The van der Waals surface area contributed by atoms with E-state index in [2.05, 4.69) is 15.5 Å². The molecule has 0 aliphatic carbocycles. The number of rotatable bonds is 4. The van der Waals surface area contributed by atoms with Gasteiger partial charge in [0.2, 0.25) is 0 Å². The van der Waals surface area contributed by atoms with Gasteiger partial charge in [0.1, 0.15) is 11.4 Å². The molecule has 1 aromatic heterocycles. The third kappa shape index (κ3) is 3.37. The lowest BCUT2D eigenvalue weighted by Crippen LogP contribution is -2.13. The summed E-state index contributed by atoms with van der Waals surface area (Å²) in [5, 5.41) is 12.6. The lowest BCUT2D eigenvalue weighted by molar-refractivity contribution is 0.102. The second-order valence-corrected chi connectivity index (χ2v) is 6.43. The van der Waals surface area contributed by atoms with Gasteiger partial charge >= 0.3 is 0 Å². The van der Waals surface area contributed by atoms with Crippen molar-refractivity contribution in [1.29, 1.82) is 0 Å². The fourth-order valence-corrected chi connectivity index (χ4v) is 3.16. The van der Waals surface area contributed by atoms with Gasteiger partial charge < -0.3 is 10.1 Å². The van der Waals surface area contributed by atoms with Crippen molar-refractivity contribution in [2.45, 2.75) is 0 Å². The molecule has 0 saturated carbocycles. The summed E-state index contributed by atoms with van der Waals surface area (Å²) in [7, 11) is 1.54. The van der Waals surface area contributed by atoms with E-state index in [0.29, 0.717) is 27.8 Å². The van der Waals surface area contributed by atoms with Gasteiger partial charge in [0, 0.05) is 10.6 Å². The zero-order valence-corrected chi connectivity index (χ0v) is 15.2. The maximum Gasteiger partial charge on any atom is 0.273 e. The van der Waals surface area contributed by atoms with Crippen LogP contribution in [0.1, 0.15) is 10.5 Å². The highest BCUT2D eigenvalue weighted by Crippen LogP contribution is 2.29. The molecule has 3 aromatic carbocycles. The second kappa shape index (κ2) is 7.13. The fraction of sp³-hybridized carbons (Fsp3) is 0.0476. The van der Waals surface area contributed by atoms with Gasteiger partial charge in [-0.25, -0.2) is 0 Å². The molecule has 0 unspecified atom stereocenters. The van der Waals surface area contributed by atoms with Crippen molar-refractivity contribution < 1.29 is 9.53 Å². The van der Waals surface area contributed by atoms with Gasteiger partial charge in [-0.1, -0.05) is 54.1 Å². The Morgan fingerprint density at radius 1 is 1.07 bits per heavy atom. The molecule has 4 rings (SSSR count). The minimum absolute atomic E-state index is 0.324. The zero-order valence-electron chi connectivity index (χ0n) is 14.5. The zero-order chi connectivity index (χ0) is 18.8. The Labute approximate surface area is 160 Å². The van der Waals surface area contributed by atoms with Crippen LogP contribution in [-0.4, -0.2) is 23.2 Å². The summed E-state index contributed by atoms with van der Waals surface area (Å²) in [5.41, 5.74) is 2.51. The quantitative estimate of drug-likeness (QED) is 0.517. The average molecular weight is 378 g/mol. The molecule has 4 aromatic rings. The number of carbonyl (C=O) groups excluding carboxylic acids is 1. The summed E-state index contributed by atoms with van der Waals surface area (Å²) in [4.78, 5) is 12.6. The van der Waals surface area contributed by atoms with Gasteiger partial charge in [0.15, 0.2) is 0 Å². The molecular weight excluding hydrogens is 362 g/mol. The Kier molecular flexibility index (Phi) is 4.52. The number of benzene rings is 3. The number of nitrogens with zero attached hydrogens (tertiary/aromatic N) is 1. The molecule has 0 fully saturated rings. The molecule has 0 radical (unpaired) electrons. The van der Waals surface area contributed by atoms with E-state index in [9.17, 15) is 4.79 Å². The molecule has 0 aliphatic rings. The first-order valence-electron chi connectivity index (χ1n) is 8.34. The number of amides is 1. The Morgan fingerprint density at radius 2 is 1.89 bits per heavy atom. The molecule has 0 bridgehead atoms. The average Bonchev–Trinajstić information content (AvgIpc) is 3.18. The predicted molar refractivity (Wildman–Crippen MR) is 107 cm³/mol. The van der Waals surface area contributed by atoms with Crippen molar-refractivity contribution in [3.63, 3.8) is 0 Å². The number of aromatic nitrogens is 2. The molecule has 6 heteroatoms. The van der Waals surface area contributed by atoms with E-state index in [1.807, 2.05) is 42.5 Å². The summed E-state index contributed by atoms with van der Waals surface area (Å²) >= 11 is 6.02. The first kappa shape index (κ1) is 17.1. The highest BCUT2D eigenvalue weighted by molar-refractivity contribution is 6.31. The van der Waals surface area contributed by atoms with Crippen LogP contribution >= 0.6 is 11.6 Å². The second-order valence-electron chi connectivity index (χ2n) is 5.99. The Bertz CT molecular complexity index is 1130. The lowest BCUT2D eigenvalue weighted by atomic mass is 10.0. The minimum atomic E-state index is -0.324. The fourth-order valence-electron chi connectivity index (χ4n) is 2.99. The number of fused-ring (bicyclic) bond motifs is 1. The first-order valence-corrected chi connectivity index (χ1v) is 8.72. The highest BCUT2D eigenvalue weighted by atomic mass is 35.5. The number of ether oxygens (including phenoxy) is 1. The van der Waals surface area contributed by atoms with Gasteiger partial charge in [-0.05, 0) is 35.0 Å². The van der Waals surface area contributed by atoms with Crippen LogP contribution in [-0.2, 0) is 0 Å². The van der Waals surface area contributed by atoms with Crippen LogP contribution in [0, 0.1) is 0 Å². The lowest BCUT2D eigenvalue weighted by Gasteiger charge is -2.09. The third-order valence-electron chi connectivity index (χ3n) is 4.30. The van der Waals surface area contributed by atoms with Crippen LogP contribution in [0.5, 0.6) is 5.75 Å². The van der Waals surface area contributed by atoms with Gasteiger partial charge in [-0.15, -0.1) is 0 Å². The number of H-pyrrole nitrogens is 1. The van der Waals surface area contributed by atoms with Crippen LogP contribution in [0.4, 0.5) is 5.69 Å². The van der Waals surface area contributed by atoms with E-state index in [0.717, 1.165) is 16.3 Å². The standard InChI is InChI=1S/C21H16ClN3O2/c1-27-20-10-9-14(22)11-18(20)23-21(26)19-12-17(24-25-19)16-8-4-6-13-5-2-3-7-15(13)16/h2-12H,1H3,(H,23,26)(H,24,25). The Hall–Kier alpha value is -3.31. The third-order valence-corrected chi connectivity index (χ3v) is 4.53. The van der Waals surface area contributed by atoms with Crippen molar-refractivity contribution in [2.24, 2.45) is 0 Å². The maximum atomic E-state index is 12.6. The minimum Gasteiger partial charge on any atom is -0.495 e. The molecule has 5 nitrogen and oxygen atoms in total. The van der Waals surface area contributed by atoms with Crippen LogP contribution in [0.15, 0.2) is 66.7 Å². The molecule has 0 saturated heterocycles. The molecule has 1 amide bonds. The van der Waals surface area contributed by atoms with E-state index >= 15 is 0 Å².